The first kappa shape index (κ1) is 14.3. The van der Waals surface area contributed by atoms with Crippen LogP contribution in [0.1, 0.15) is 15.9 Å². The van der Waals surface area contributed by atoms with Gasteiger partial charge in [-0.25, -0.2) is 4.39 Å². The van der Waals surface area contributed by atoms with Gasteiger partial charge in [-0.2, -0.15) is 0 Å². The molecule has 0 amide bonds. The number of carbonyl (C=O) groups excluding carboxylic acids is 1. The van der Waals surface area contributed by atoms with E-state index in [0.717, 1.165) is 10.9 Å². The molecule has 0 saturated heterocycles. The Bertz CT molecular complexity index is 1040. The predicted molar refractivity (Wildman–Crippen MR) is 90.9 cm³/mol. The molecule has 0 spiro atoms. The standard InChI is InChI=1S/C20H13FN2O/c21-15-6-3-7-16(11-15)23-13-18(17-8-1-2-9-19(17)23)20(24)14-5-4-10-22-12-14/h1-13H. The summed E-state index contributed by atoms with van der Waals surface area (Å²) in [5.74, 6) is -0.417. The average Bonchev–Trinajstić information content (AvgIpc) is 3.01. The Balaban J connectivity index is 1.94. The SMILES string of the molecule is O=C(c1cccnc1)c1cn(-c2cccc(F)c2)c2ccccc12. The van der Waals surface area contributed by atoms with Crippen molar-refractivity contribution in [1.82, 2.24) is 9.55 Å². The Morgan fingerprint density at radius 3 is 2.67 bits per heavy atom. The van der Waals surface area contributed by atoms with Crippen LogP contribution in [0.3, 0.4) is 0 Å². The molecule has 24 heavy (non-hydrogen) atoms. The molecule has 0 fully saturated rings. The van der Waals surface area contributed by atoms with E-state index in [9.17, 15) is 9.18 Å². The molecule has 0 N–H and O–H groups in total. The van der Waals surface area contributed by atoms with Gasteiger partial charge in [0.05, 0.1) is 5.52 Å². The predicted octanol–water partition coefficient (Wildman–Crippen LogP) is 4.40. The molecule has 2 aromatic heterocycles. The number of carbonyl (C=O) groups is 1. The summed E-state index contributed by atoms with van der Waals surface area (Å²) in [6.45, 7) is 0. The summed E-state index contributed by atoms with van der Waals surface area (Å²) < 4.78 is 15.4. The summed E-state index contributed by atoms with van der Waals surface area (Å²) in [7, 11) is 0. The zero-order valence-electron chi connectivity index (χ0n) is 12.7. The minimum absolute atomic E-state index is 0.102. The van der Waals surface area contributed by atoms with Crippen molar-refractivity contribution >= 4 is 16.7 Å². The van der Waals surface area contributed by atoms with Crippen LogP contribution in [0, 0.1) is 5.82 Å². The van der Waals surface area contributed by atoms with Gasteiger partial charge in [-0.3, -0.25) is 9.78 Å². The van der Waals surface area contributed by atoms with Crippen LogP contribution in [0.5, 0.6) is 0 Å². The topological polar surface area (TPSA) is 34.9 Å². The van der Waals surface area contributed by atoms with E-state index >= 15 is 0 Å². The lowest BCUT2D eigenvalue weighted by molar-refractivity contribution is 0.104. The monoisotopic (exact) mass is 316 g/mol. The van der Waals surface area contributed by atoms with Crippen LogP contribution in [0.4, 0.5) is 4.39 Å². The Morgan fingerprint density at radius 1 is 1.00 bits per heavy atom. The van der Waals surface area contributed by atoms with Gasteiger partial charge in [0.25, 0.3) is 0 Å². The number of fused-ring (bicyclic) bond motifs is 1. The van der Waals surface area contributed by atoms with Gasteiger partial charge in [-0.05, 0) is 36.4 Å². The molecule has 0 saturated carbocycles. The van der Waals surface area contributed by atoms with E-state index in [1.165, 1.54) is 12.1 Å². The van der Waals surface area contributed by atoms with Gasteiger partial charge >= 0.3 is 0 Å². The van der Waals surface area contributed by atoms with Crippen LogP contribution in [0.25, 0.3) is 16.6 Å². The van der Waals surface area contributed by atoms with Crippen molar-refractivity contribution in [2.75, 3.05) is 0 Å². The van der Waals surface area contributed by atoms with Crippen LogP contribution < -0.4 is 0 Å². The molecule has 2 aromatic carbocycles. The fraction of sp³-hybridized carbons (Fsp3) is 0. The van der Waals surface area contributed by atoms with Gasteiger partial charge < -0.3 is 4.57 Å². The largest absolute Gasteiger partial charge is 0.316 e. The summed E-state index contributed by atoms with van der Waals surface area (Å²) in [4.78, 5) is 16.9. The molecule has 0 unspecified atom stereocenters. The van der Waals surface area contributed by atoms with Gasteiger partial charge in [0, 0.05) is 40.8 Å². The lowest BCUT2D eigenvalue weighted by Gasteiger charge is -2.04. The maximum Gasteiger partial charge on any atom is 0.196 e. The van der Waals surface area contributed by atoms with Crippen molar-refractivity contribution in [3.8, 4) is 5.69 Å². The first-order valence-corrected chi connectivity index (χ1v) is 7.55. The number of hydrogen-bond acceptors (Lipinski definition) is 2. The lowest BCUT2D eigenvalue weighted by Crippen LogP contribution is -2.01. The van der Waals surface area contributed by atoms with Crippen LogP contribution >= 0.6 is 0 Å². The summed E-state index contributed by atoms with van der Waals surface area (Å²) in [5.41, 5.74) is 2.63. The molecular formula is C20H13FN2O. The zero-order chi connectivity index (χ0) is 16.5. The summed E-state index contributed by atoms with van der Waals surface area (Å²) in [5, 5.41) is 0.829. The number of pyridine rings is 1. The lowest BCUT2D eigenvalue weighted by atomic mass is 10.0. The molecule has 4 rings (SSSR count). The molecule has 4 heteroatoms. The number of para-hydroxylation sites is 1. The third kappa shape index (κ3) is 2.38. The summed E-state index contributed by atoms with van der Waals surface area (Å²) in [6.07, 6.45) is 4.94. The van der Waals surface area contributed by atoms with E-state index in [-0.39, 0.29) is 11.6 Å². The van der Waals surface area contributed by atoms with Crippen LogP contribution in [-0.4, -0.2) is 15.3 Å². The molecule has 0 aliphatic carbocycles. The number of benzene rings is 2. The molecule has 0 atom stereocenters. The van der Waals surface area contributed by atoms with E-state index in [1.54, 1.807) is 36.8 Å². The highest BCUT2D eigenvalue weighted by atomic mass is 19.1. The number of nitrogens with zero attached hydrogens (tertiary/aromatic N) is 2. The number of ketones is 1. The second-order valence-corrected chi connectivity index (χ2v) is 5.48. The quantitative estimate of drug-likeness (QED) is 0.525. The van der Waals surface area contributed by atoms with Crippen molar-refractivity contribution in [3.05, 3.63) is 96.2 Å². The van der Waals surface area contributed by atoms with Crippen molar-refractivity contribution in [2.45, 2.75) is 0 Å². The molecule has 0 aliphatic heterocycles. The number of aromatic nitrogens is 2. The Morgan fingerprint density at radius 2 is 1.88 bits per heavy atom. The van der Waals surface area contributed by atoms with Crippen LogP contribution in [0.2, 0.25) is 0 Å². The normalized spacial score (nSPS) is 10.9. The maximum atomic E-state index is 13.6. The Kier molecular flexibility index (Phi) is 3.43. The molecule has 4 aromatic rings. The highest BCUT2D eigenvalue weighted by Crippen LogP contribution is 2.27. The Labute approximate surface area is 138 Å². The van der Waals surface area contributed by atoms with Crippen molar-refractivity contribution in [1.29, 1.82) is 0 Å². The van der Waals surface area contributed by atoms with Crippen molar-refractivity contribution in [2.24, 2.45) is 0 Å². The maximum absolute atomic E-state index is 13.6. The van der Waals surface area contributed by atoms with Crippen LogP contribution in [-0.2, 0) is 0 Å². The van der Waals surface area contributed by atoms with Crippen LogP contribution in [0.15, 0.2) is 79.3 Å². The first-order valence-electron chi connectivity index (χ1n) is 7.55. The molecule has 116 valence electrons. The third-order valence-corrected chi connectivity index (χ3v) is 3.97. The number of hydrogen-bond donors (Lipinski definition) is 0. The van der Waals surface area contributed by atoms with E-state index in [2.05, 4.69) is 4.98 Å². The van der Waals surface area contributed by atoms with E-state index in [4.69, 9.17) is 0 Å². The molecule has 0 radical (unpaired) electrons. The second kappa shape index (κ2) is 5.74. The van der Waals surface area contributed by atoms with Crippen molar-refractivity contribution < 1.29 is 9.18 Å². The van der Waals surface area contributed by atoms with E-state index in [0.29, 0.717) is 16.8 Å². The summed E-state index contributed by atoms with van der Waals surface area (Å²) >= 11 is 0. The average molecular weight is 316 g/mol. The second-order valence-electron chi connectivity index (χ2n) is 5.48. The molecule has 0 bridgehead atoms. The highest BCUT2D eigenvalue weighted by molar-refractivity contribution is 6.16. The van der Waals surface area contributed by atoms with E-state index in [1.807, 2.05) is 34.9 Å². The fourth-order valence-corrected chi connectivity index (χ4v) is 2.85. The fourth-order valence-electron chi connectivity index (χ4n) is 2.85. The molecular weight excluding hydrogens is 303 g/mol. The van der Waals surface area contributed by atoms with Gasteiger partial charge in [0.15, 0.2) is 5.78 Å². The molecule has 3 nitrogen and oxygen atoms in total. The van der Waals surface area contributed by atoms with E-state index < -0.39 is 0 Å². The Hall–Kier alpha value is -3.27. The minimum Gasteiger partial charge on any atom is -0.316 e. The highest BCUT2D eigenvalue weighted by Gasteiger charge is 2.17. The number of halogens is 1. The van der Waals surface area contributed by atoms with Gasteiger partial charge in [0.1, 0.15) is 5.82 Å². The number of rotatable bonds is 3. The third-order valence-electron chi connectivity index (χ3n) is 3.97. The molecule has 0 aliphatic rings. The summed E-state index contributed by atoms with van der Waals surface area (Å²) in [6, 6.07) is 17.4. The smallest absolute Gasteiger partial charge is 0.196 e. The first-order chi connectivity index (χ1) is 11.7. The van der Waals surface area contributed by atoms with Gasteiger partial charge in [-0.15, -0.1) is 0 Å². The molecule has 2 heterocycles. The van der Waals surface area contributed by atoms with Crippen molar-refractivity contribution in [3.63, 3.8) is 0 Å². The van der Waals surface area contributed by atoms with Gasteiger partial charge in [0.2, 0.25) is 0 Å². The minimum atomic E-state index is -0.314. The zero-order valence-corrected chi connectivity index (χ0v) is 12.7. The van der Waals surface area contributed by atoms with Gasteiger partial charge in [-0.1, -0.05) is 24.3 Å².